The molecule has 0 bridgehead atoms. The quantitative estimate of drug-likeness (QED) is 0.665. The van der Waals surface area contributed by atoms with Crippen LogP contribution in [0.3, 0.4) is 0 Å². The van der Waals surface area contributed by atoms with Crippen LogP contribution >= 0.6 is 0 Å². The van der Waals surface area contributed by atoms with E-state index in [4.69, 9.17) is 5.73 Å². The molecule has 8 heteroatoms. The molecule has 1 aromatic carbocycles. The molecule has 2 amide bonds. The van der Waals surface area contributed by atoms with Crippen LogP contribution in [0.2, 0.25) is 0 Å². The Balaban J connectivity index is 1.96. The Morgan fingerprint density at radius 1 is 1.27 bits per heavy atom. The second-order valence-electron chi connectivity index (χ2n) is 4.55. The van der Waals surface area contributed by atoms with Gasteiger partial charge in [-0.3, -0.25) is 14.3 Å². The van der Waals surface area contributed by atoms with Crippen molar-refractivity contribution in [2.75, 3.05) is 18.4 Å². The summed E-state index contributed by atoms with van der Waals surface area (Å²) < 4.78 is 1.57. The van der Waals surface area contributed by atoms with E-state index in [1.807, 2.05) is 0 Å². The molecule has 0 saturated heterocycles. The average Bonchev–Trinajstić information content (AvgIpc) is 3.04. The second kappa shape index (κ2) is 7.89. The van der Waals surface area contributed by atoms with Gasteiger partial charge in [-0.2, -0.15) is 0 Å². The summed E-state index contributed by atoms with van der Waals surface area (Å²) in [7, 11) is 0. The Hall–Kier alpha value is -2.74. The van der Waals surface area contributed by atoms with Gasteiger partial charge in [0.05, 0.1) is 24.0 Å². The van der Waals surface area contributed by atoms with Crippen LogP contribution in [0.4, 0.5) is 5.69 Å². The Morgan fingerprint density at radius 2 is 2.09 bits per heavy atom. The summed E-state index contributed by atoms with van der Waals surface area (Å²) in [5.74, 6) is -0.466. The summed E-state index contributed by atoms with van der Waals surface area (Å²) >= 11 is 0. The fourth-order valence-corrected chi connectivity index (χ4v) is 1.85. The van der Waals surface area contributed by atoms with Crippen molar-refractivity contribution in [2.45, 2.75) is 13.0 Å². The maximum Gasteiger partial charge on any atom is 0.253 e. The van der Waals surface area contributed by atoms with E-state index < -0.39 is 0 Å². The molecular formula is C14H18N6O2. The molecule has 0 radical (unpaired) electrons. The molecule has 22 heavy (non-hydrogen) atoms. The highest BCUT2D eigenvalue weighted by molar-refractivity contribution is 6.03. The first-order valence-corrected chi connectivity index (χ1v) is 6.92. The first kappa shape index (κ1) is 15.6. The predicted octanol–water partition coefficient (Wildman–Crippen LogP) is -0.00460. The molecule has 1 heterocycles. The van der Waals surface area contributed by atoms with Crippen molar-refractivity contribution in [2.24, 2.45) is 5.73 Å². The smallest absolute Gasteiger partial charge is 0.253 e. The Bertz CT molecular complexity index is 626. The van der Waals surface area contributed by atoms with Crippen LogP contribution in [0.1, 0.15) is 16.8 Å². The lowest BCUT2D eigenvalue weighted by molar-refractivity contribution is -0.116. The third-order valence-electron chi connectivity index (χ3n) is 2.92. The van der Waals surface area contributed by atoms with E-state index in [1.165, 1.54) is 0 Å². The number of carbonyl (C=O) groups is 2. The molecule has 0 saturated carbocycles. The van der Waals surface area contributed by atoms with Crippen LogP contribution in [-0.2, 0) is 11.3 Å². The molecule has 0 atom stereocenters. The normalized spacial score (nSPS) is 10.2. The minimum atomic E-state index is -0.266. The van der Waals surface area contributed by atoms with Gasteiger partial charge in [0.1, 0.15) is 0 Å². The lowest BCUT2D eigenvalue weighted by Crippen LogP contribution is -2.30. The van der Waals surface area contributed by atoms with Crippen molar-refractivity contribution in [3.8, 4) is 0 Å². The van der Waals surface area contributed by atoms with Gasteiger partial charge in [-0.15, -0.1) is 5.10 Å². The fraction of sp³-hybridized carbons (Fsp3) is 0.286. The van der Waals surface area contributed by atoms with E-state index in [0.717, 1.165) is 0 Å². The topological polar surface area (TPSA) is 115 Å². The van der Waals surface area contributed by atoms with Gasteiger partial charge in [0.15, 0.2) is 0 Å². The molecule has 1 aromatic heterocycles. The number of anilines is 1. The molecule has 4 N–H and O–H groups in total. The average molecular weight is 302 g/mol. The monoisotopic (exact) mass is 302 g/mol. The highest BCUT2D eigenvalue weighted by atomic mass is 16.2. The molecular weight excluding hydrogens is 284 g/mol. The number of aryl methyl sites for hydroxylation is 1. The highest BCUT2D eigenvalue weighted by Gasteiger charge is 2.12. The van der Waals surface area contributed by atoms with Gasteiger partial charge < -0.3 is 16.4 Å². The van der Waals surface area contributed by atoms with Gasteiger partial charge in [-0.1, -0.05) is 17.3 Å². The minimum absolute atomic E-state index is 0.199. The first-order chi connectivity index (χ1) is 10.7. The van der Waals surface area contributed by atoms with Crippen molar-refractivity contribution in [1.29, 1.82) is 0 Å². The largest absolute Gasteiger partial charge is 0.351 e. The maximum absolute atomic E-state index is 12.0. The third-order valence-corrected chi connectivity index (χ3v) is 2.92. The SMILES string of the molecule is NCCNC(=O)c1ccccc1NC(=O)CCn1ccnn1. The molecule has 2 rings (SSSR count). The number of benzene rings is 1. The minimum Gasteiger partial charge on any atom is -0.351 e. The number of hydrogen-bond acceptors (Lipinski definition) is 5. The molecule has 0 unspecified atom stereocenters. The van der Waals surface area contributed by atoms with Crippen molar-refractivity contribution in [1.82, 2.24) is 20.3 Å². The molecule has 0 aliphatic rings. The summed E-state index contributed by atoms with van der Waals surface area (Å²) in [4.78, 5) is 24.0. The number of hydrogen-bond donors (Lipinski definition) is 3. The number of nitrogens with zero attached hydrogens (tertiary/aromatic N) is 3. The van der Waals surface area contributed by atoms with Crippen LogP contribution in [-0.4, -0.2) is 39.9 Å². The standard InChI is InChI=1S/C14H18N6O2/c15-6-7-16-14(22)11-3-1-2-4-12(11)18-13(21)5-9-20-10-8-17-19-20/h1-4,8,10H,5-7,9,15H2,(H,16,22)(H,18,21). The first-order valence-electron chi connectivity index (χ1n) is 6.92. The zero-order chi connectivity index (χ0) is 15.8. The van der Waals surface area contributed by atoms with E-state index in [1.54, 1.807) is 41.3 Å². The van der Waals surface area contributed by atoms with Crippen molar-refractivity contribution >= 4 is 17.5 Å². The van der Waals surface area contributed by atoms with Crippen LogP contribution in [0.5, 0.6) is 0 Å². The van der Waals surface area contributed by atoms with Crippen molar-refractivity contribution in [3.05, 3.63) is 42.2 Å². The van der Waals surface area contributed by atoms with Crippen molar-refractivity contribution < 1.29 is 9.59 Å². The highest BCUT2D eigenvalue weighted by Crippen LogP contribution is 2.15. The Kier molecular flexibility index (Phi) is 5.61. The second-order valence-corrected chi connectivity index (χ2v) is 4.55. The molecule has 0 fully saturated rings. The number of carbonyl (C=O) groups excluding carboxylic acids is 2. The zero-order valence-electron chi connectivity index (χ0n) is 12.0. The van der Waals surface area contributed by atoms with Crippen LogP contribution in [0.25, 0.3) is 0 Å². The lowest BCUT2D eigenvalue weighted by atomic mass is 10.1. The molecule has 2 aromatic rings. The van der Waals surface area contributed by atoms with Gasteiger partial charge in [-0.25, -0.2) is 0 Å². The van der Waals surface area contributed by atoms with E-state index in [0.29, 0.717) is 30.9 Å². The van der Waals surface area contributed by atoms with Crippen LogP contribution in [0, 0.1) is 0 Å². The number of rotatable bonds is 7. The van der Waals surface area contributed by atoms with E-state index in [2.05, 4.69) is 20.9 Å². The third kappa shape index (κ3) is 4.38. The number of nitrogens with one attached hydrogen (secondary N) is 2. The van der Waals surface area contributed by atoms with Crippen LogP contribution < -0.4 is 16.4 Å². The lowest BCUT2D eigenvalue weighted by Gasteiger charge is -2.11. The number of amides is 2. The molecule has 0 aliphatic carbocycles. The van der Waals surface area contributed by atoms with Gasteiger partial charge in [0, 0.05) is 25.7 Å². The van der Waals surface area contributed by atoms with E-state index >= 15 is 0 Å². The van der Waals surface area contributed by atoms with Gasteiger partial charge in [-0.05, 0) is 12.1 Å². The molecule has 0 aliphatic heterocycles. The molecule has 0 spiro atoms. The summed E-state index contributed by atoms with van der Waals surface area (Å²) in [6.45, 7) is 1.17. The summed E-state index contributed by atoms with van der Waals surface area (Å²) in [6, 6.07) is 6.83. The van der Waals surface area contributed by atoms with Crippen molar-refractivity contribution in [3.63, 3.8) is 0 Å². The number of nitrogens with two attached hydrogens (primary N) is 1. The van der Waals surface area contributed by atoms with Gasteiger partial charge in [0.2, 0.25) is 5.91 Å². The van der Waals surface area contributed by atoms with Gasteiger partial charge >= 0.3 is 0 Å². The Morgan fingerprint density at radius 3 is 2.82 bits per heavy atom. The molecule has 8 nitrogen and oxygen atoms in total. The number of para-hydroxylation sites is 1. The Labute approximate surface area is 127 Å². The van der Waals surface area contributed by atoms with E-state index in [9.17, 15) is 9.59 Å². The maximum atomic E-state index is 12.0. The van der Waals surface area contributed by atoms with Gasteiger partial charge in [0.25, 0.3) is 5.91 Å². The van der Waals surface area contributed by atoms with Crippen LogP contribution in [0.15, 0.2) is 36.7 Å². The van der Waals surface area contributed by atoms with E-state index in [-0.39, 0.29) is 18.2 Å². The zero-order valence-corrected chi connectivity index (χ0v) is 12.0. The summed E-state index contributed by atoms with van der Waals surface area (Å²) in [6.07, 6.45) is 3.47. The number of aromatic nitrogens is 3. The molecule has 116 valence electrons. The predicted molar refractivity (Wildman–Crippen MR) is 81.1 cm³/mol. The fourth-order valence-electron chi connectivity index (χ4n) is 1.85. The summed E-state index contributed by atoms with van der Waals surface area (Å²) in [5.41, 5.74) is 6.24. The summed E-state index contributed by atoms with van der Waals surface area (Å²) in [5, 5.41) is 12.9.